The van der Waals surface area contributed by atoms with Crippen molar-refractivity contribution in [1.82, 2.24) is 0 Å². The van der Waals surface area contributed by atoms with Gasteiger partial charge >= 0.3 is 0 Å². The third-order valence-electron chi connectivity index (χ3n) is 4.46. The predicted octanol–water partition coefficient (Wildman–Crippen LogP) is 4.78. The standard InChI is InChI=1S/C21H23N3.Y/c1-14-11-21(19(6)18(5)16(14)3)24(7)10-8-9-20(13-23)17(4)15(2)12-22;/h8-9H,1-7H3;/q-2;/b17-15-,20-9+;. The van der Waals surface area contributed by atoms with Crippen LogP contribution in [0, 0.1) is 62.6 Å². The van der Waals surface area contributed by atoms with Gasteiger partial charge in [-0.1, -0.05) is 27.7 Å². The van der Waals surface area contributed by atoms with Gasteiger partial charge in [-0.3, -0.25) is 0 Å². The summed E-state index contributed by atoms with van der Waals surface area (Å²) in [6, 6.07) is 7.58. The van der Waals surface area contributed by atoms with Gasteiger partial charge in [-0.25, -0.2) is 6.07 Å². The molecule has 25 heavy (non-hydrogen) atoms. The SMILES string of the molecule is C/C(C#N)=C(C)/C(C#N)=C/C=[C-]N(C)c1[c-]c(C)c(C)c(C)c1C.[Y]. The van der Waals surface area contributed by atoms with Crippen LogP contribution in [0.4, 0.5) is 5.69 Å². The number of allylic oxidation sites excluding steroid dienone is 5. The van der Waals surface area contributed by atoms with E-state index in [1.54, 1.807) is 26.0 Å². The van der Waals surface area contributed by atoms with Crippen LogP contribution in [0.15, 0.2) is 28.9 Å². The summed E-state index contributed by atoms with van der Waals surface area (Å²) in [5.74, 6) is 0. The van der Waals surface area contributed by atoms with Gasteiger partial charge in [-0.15, -0.1) is 12.3 Å². The normalized spacial score (nSPS) is 12.1. The van der Waals surface area contributed by atoms with Gasteiger partial charge in [0.15, 0.2) is 0 Å². The van der Waals surface area contributed by atoms with Gasteiger partial charge in [0.25, 0.3) is 0 Å². The second kappa shape index (κ2) is 10.3. The summed E-state index contributed by atoms with van der Waals surface area (Å²) in [7, 11) is 1.91. The smallest absolute Gasteiger partial charge is 0.0946 e. The Kier molecular flexibility index (Phi) is 9.65. The van der Waals surface area contributed by atoms with Crippen molar-refractivity contribution in [1.29, 1.82) is 10.5 Å². The number of nitrogens with zero attached hydrogens (tertiary/aromatic N) is 3. The maximum Gasteiger partial charge on any atom is 0.0946 e. The van der Waals surface area contributed by atoms with Crippen molar-refractivity contribution in [2.45, 2.75) is 41.5 Å². The molecule has 0 unspecified atom stereocenters. The number of hydrogen-bond donors (Lipinski definition) is 0. The minimum atomic E-state index is 0. The van der Waals surface area contributed by atoms with E-state index < -0.39 is 0 Å². The van der Waals surface area contributed by atoms with Crippen molar-refractivity contribution in [2.24, 2.45) is 0 Å². The van der Waals surface area contributed by atoms with E-state index >= 15 is 0 Å². The predicted molar refractivity (Wildman–Crippen MR) is 98.1 cm³/mol. The molecule has 0 aliphatic carbocycles. The molecule has 0 heterocycles. The van der Waals surface area contributed by atoms with E-state index in [0.717, 1.165) is 11.3 Å². The summed E-state index contributed by atoms with van der Waals surface area (Å²) < 4.78 is 0. The Morgan fingerprint density at radius 3 is 2.16 bits per heavy atom. The van der Waals surface area contributed by atoms with Gasteiger partial charge in [0, 0.05) is 43.9 Å². The molecule has 0 atom stereocenters. The van der Waals surface area contributed by atoms with Crippen molar-refractivity contribution in [2.75, 3.05) is 11.9 Å². The van der Waals surface area contributed by atoms with Gasteiger partial charge in [0.1, 0.15) is 0 Å². The molecule has 0 spiro atoms. The van der Waals surface area contributed by atoms with E-state index in [2.05, 4.69) is 52.1 Å². The van der Waals surface area contributed by atoms with Gasteiger partial charge in [0.05, 0.1) is 12.1 Å². The Bertz CT molecular complexity index is 815. The van der Waals surface area contributed by atoms with Crippen molar-refractivity contribution in [3.05, 3.63) is 63.4 Å². The van der Waals surface area contributed by atoms with Gasteiger partial charge in [0.2, 0.25) is 0 Å². The molecule has 4 heteroatoms. The molecule has 0 N–H and O–H groups in total. The van der Waals surface area contributed by atoms with Crippen LogP contribution >= 0.6 is 0 Å². The van der Waals surface area contributed by atoms with Crippen molar-refractivity contribution in [3.8, 4) is 12.1 Å². The monoisotopic (exact) mass is 406 g/mol. The minimum absolute atomic E-state index is 0. The molecule has 0 saturated heterocycles. The summed E-state index contributed by atoms with van der Waals surface area (Å²) in [4.78, 5) is 1.87. The van der Waals surface area contributed by atoms with Crippen LogP contribution in [0.2, 0.25) is 0 Å². The average Bonchev–Trinajstić information content (AvgIpc) is 2.58. The van der Waals surface area contributed by atoms with Crippen LogP contribution < -0.4 is 4.90 Å². The number of hydrogen-bond acceptors (Lipinski definition) is 3. The second-order valence-corrected chi connectivity index (χ2v) is 5.88. The van der Waals surface area contributed by atoms with Gasteiger partial charge in [-0.05, 0) is 26.5 Å². The zero-order valence-electron chi connectivity index (χ0n) is 16.1. The quantitative estimate of drug-likeness (QED) is 0.313. The van der Waals surface area contributed by atoms with Gasteiger partial charge in [-0.2, -0.15) is 44.5 Å². The van der Waals surface area contributed by atoms with Gasteiger partial charge < -0.3 is 4.90 Å². The molecule has 0 aromatic heterocycles. The fourth-order valence-electron chi connectivity index (χ4n) is 2.27. The molecule has 0 aliphatic heterocycles. The van der Waals surface area contributed by atoms with E-state index in [-0.39, 0.29) is 32.7 Å². The van der Waals surface area contributed by atoms with E-state index in [9.17, 15) is 5.26 Å². The largest absolute Gasteiger partial charge is 0.478 e. The summed E-state index contributed by atoms with van der Waals surface area (Å²) in [5, 5.41) is 18.2. The first-order chi connectivity index (χ1) is 11.2. The summed E-state index contributed by atoms with van der Waals surface area (Å²) in [5.41, 5.74) is 7.47. The summed E-state index contributed by atoms with van der Waals surface area (Å²) >= 11 is 0. The fourth-order valence-corrected chi connectivity index (χ4v) is 2.27. The van der Waals surface area contributed by atoms with Crippen LogP contribution in [0.25, 0.3) is 0 Å². The van der Waals surface area contributed by atoms with Crippen molar-refractivity contribution in [3.63, 3.8) is 0 Å². The molecular formula is C21H23N3Y-2. The van der Waals surface area contributed by atoms with E-state index in [0.29, 0.717) is 16.7 Å². The number of nitriles is 2. The molecule has 3 nitrogen and oxygen atoms in total. The molecule has 0 saturated carbocycles. The van der Waals surface area contributed by atoms with Crippen molar-refractivity contribution >= 4 is 5.69 Å². The third kappa shape index (κ3) is 5.67. The number of benzene rings is 1. The van der Waals surface area contributed by atoms with Crippen molar-refractivity contribution < 1.29 is 32.7 Å². The minimum Gasteiger partial charge on any atom is -0.478 e. The van der Waals surface area contributed by atoms with Crippen LogP contribution in [-0.2, 0) is 32.7 Å². The molecule has 1 aromatic rings. The molecule has 1 rings (SSSR count). The molecule has 0 fully saturated rings. The average molecular weight is 406 g/mol. The molecule has 1 aromatic carbocycles. The Hall–Kier alpha value is -1.68. The Labute approximate surface area is 177 Å². The Balaban J connectivity index is 0.00000576. The number of anilines is 1. The molecule has 127 valence electrons. The second-order valence-electron chi connectivity index (χ2n) is 5.88. The van der Waals surface area contributed by atoms with E-state index in [1.165, 1.54) is 16.7 Å². The Morgan fingerprint density at radius 2 is 1.64 bits per heavy atom. The maximum absolute atomic E-state index is 9.24. The zero-order valence-corrected chi connectivity index (χ0v) is 18.9. The van der Waals surface area contributed by atoms with Crippen LogP contribution in [0.1, 0.15) is 36.1 Å². The first-order valence-corrected chi connectivity index (χ1v) is 7.75. The Morgan fingerprint density at radius 1 is 1.04 bits per heavy atom. The van der Waals surface area contributed by atoms with Crippen LogP contribution in [-0.4, -0.2) is 7.05 Å². The summed E-state index contributed by atoms with van der Waals surface area (Å²) in [6.45, 7) is 11.8. The first-order valence-electron chi connectivity index (χ1n) is 7.75. The van der Waals surface area contributed by atoms with E-state index in [1.807, 2.05) is 11.9 Å². The molecule has 0 aliphatic rings. The fraction of sp³-hybridized carbons (Fsp3) is 0.333. The molecule has 0 bridgehead atoms. The van der Waals surface area contributed by atoms with E-state index in [4.69, 9.17) is 5.26 Å². The number of rotatable bonds is 4. The molecule has 1 radical (unpaired) electrons. The topological polar surface area (TPSA) is 50.8 Å². The first kappa shape index (κ1) is 23.3. The maximum atomic E-state index is 9.24. The molecule has 0 amide bonds. The third-order valence-corrected chi connectivity index (χ3v) is 4.46. The summed E-state index contributed by atoms with van der Waals surface area (Å²) in [6.07, 6.45) is 6.51. The number of aryl methyl sites for hydroxylation is 1. The van der Waals surface area contributed by atoms with Crippen LogP contribution in [0.5, 0.6) is 0 Å². The molecular weight excluding hydrogens is 383 g/mol. The van der Waals surface area contributed by atoms with Crippen LogP contribution in [0.3, 0.4) is 0 Å². The zero-order chi connectivity index (χ0) is 18.4.